The van der Waals surface area contributed by atoms with E-state index in [0.717, 1.165) is 28.4 Å². The monoisotopic (exact) mass is 501 g/mol. The molecule has 2 atom stereocenters. The van der Waals surface area contributed by atoms with Gasteiger partial charge in [-0.15, -0.1) is 0 Å². The number of benzene rings is 3. The lowest BCUT2D eigenvalue weighted by Gasteiger charge is -2.30. The zero-order chi connectivity index (χ0) is 26.5. The van der Waals surface area contributed by atoms with Gasteiger partial charge >= 0.3 is 0 Å². The molecule has 0 unspecified atom stereocenters. The Morgan fingerprint density at radius 2 is 1.78 bits per heavy atom. The lowest BCUT2D eigenvalue weighted by Crippen LogP contribution is -2.49. The number of hydrogen-bond acceptors (Lipinski definition) is 4. The van der Waals surface area contributed by atoms with Crippen LogP contribution in [0.4, 0.5) is 5.69 Å². The Labute approximate surface area is 218 Å². The number of nitrogens with one attached hydrogen (secondary N) is 1. The van der Waals surface area contributed by atoms with Crippen molar-refractivity contribution in [1.82, 2.24) is 10.2 Å². The molecule has 7 heteroatoms. The quantitative estimate of drug-likeness (QED) is 0.405. The largest absolute Gasteiger partial charge is 0.497 e. The molecule has 0 fully saturated rings. The second-order valence-electron chi connectivity index (χ2n) is 9.61. The van der Waals surface area contributed by atoms with Gasteiger partial charge < -0.3 is 19.9 Å². The van der Waals surface area contributed by atoms with E-state index >= 15 is 0 Å². The van der Waals surface area contributed by atoms with E-state index in [2.05, 4.69) is 5.32 Å². The summed E-state index contributed by atoms with van der Waals surface area (Å²) in [6.07, 6.45) is 1.52. The minimum absolute atomic E-state index is 0.0224. The molecule has 3 amide bonds. The molecule has 0 aliphatic carbocycles. The van der Waals surface area contributed by atoms with E-state index in [9.17, 15) is 14.4 Å². The summed E-state index contributed by atoms with van der Waals surface area (Å²) in [6.45, 7) is 6.44. The Morgan fingerprint density at radius 3 is 2.51 bits per heavy atom. The lowest BCUT2D eigenvalue weighted by molar-refractivity contribution is -0.140. The SMILES string of the molecule is CC[C@@H](C)NC(=O)[C@@H](C)N(Cc1cccc(OC)c1)C(=O)CCCN1C(=O)c2cccc3cccc1c23. The van der Waals surface area contributed by atoms with Crippen LogP contribution in [0.15, 0.2) is 60.7 Å². The summed E-state index contributed by atoms with van der Waals surface area (Å²) >= 11 is 0. The molecule has 1 heterocycles. The van der Waals surface area contributed by atoms with Crippen molar-refractivity contribution >= 4 is 34.2 Å². The van der Waals surface area contributed by atoms with Crippen LogP contribution in [-0.4, -0.2) is 48.4 Å². The highest BCUT2D eigenvalue weighted by Gasteiger charge is 2.30. The van der Waals surface area contributed by atoms with Crippen molar-refractivity contribution in [3.8, 4) is 5.75 Å². The Hall–Kier alpha value is -3.87. The zero-order valence-electron chi connectivity index (χ0n) is 22.0. The molecule has 3 aromatic rings. The Bertz CT molecular complexity index is 1300. The van der Waals surface area contributed by atoms with Crippen molar-refractivity contribution in [3.63, 3.8) is 0 Å². The number of rotatable bonds is 11. The third kappa shape index (κ3) is 5.61. The summed E-state index contributed by atoms with van der Waals surface area (Å²) in [5.41, 5.74) is 2.47. The third-order valence-corrected chi connectivity index (χ3v) is 7.08. The Morgan fingerprint density at radius 1 is 1.05 bits per heavy atom. The van der Waals surface area contributed by atoms with Crippen LogP contribution in [0.25, 0.3) is 10.8 Å². The van der Waals surface area contributed by atoms with Gasteiger partial charge in [-0.25, -0.2) is 0 Å². The molecule has 37 heavy (non-hydrogen) atoms. The summed E-state index contributed by atoms with van der Waals surface area (Å²) in [7, 11) is 1.60. The number of methoxy groups -OCH3 is 1. The highest BCUT2D eigenvalue weighted by Crippen LogP contribution is 2.37. The molecule has 0 bridgehead atoms. The van der Waals surface area contributed by atoms with Crippen molar-refractivity contribution in [2.24, 2.45) is 0 Å². The first-order chi connectivity index (χ1) is 17.8. The molecule has 194 valence electrons. The van der Waals surface area contributed by atoms with Crippen molar-refractivity contribution in [2.75, 3.05) is 18.6 Å². The number of anilines is 1. The topological polar surface area (TPSA) is 79.0 Å². The van der Waals surface area contributed by atoms with E-state index in [1.165, 1.54) is 0 Å². The van der Waals surface area contributed by atoms with Gasteiger partial charge in [-0.1, -0.05) is 43.3 Å². The highest BCUT2D eigenvalue weighted by atomic mass is 16.5. The van der Waals surface area contributed by atoms with Gasteiger partial charge in [0.05, 0.1) is 12.8 Å². The predicted octanol–water partition coefficient (Wildman–Crippen LogP) is 4.92. The van der Waals surface area contributed by atoms with Crippen LogP contribution in [-0.2, 0) is 16.1 Å². The Kier molecular flexibility index (Phi) is 8.11. The summed E-state index contributed by atoms with van der Waals surface area (Å²) in [6, 6.07) is 18.6. The summed E-state index contributed by atoms with van der Waals surface area (Å²) in [4.78, 5) is 42.9. The van der Waals surface area contributed by atoms with E-state index < -0.39 is 6.04 Å². The van der Waals surface area contributed by atoms with Gasteiger partial charge in [0.2, 0.25) is 11.8 Å². The molecule has 7 nitrogen and oxygen atoms in total. The summed E-state index contributed by atoms with van der Waals surface area (Å²) < 4.78 is 5.33. The van der Waals surface area contributed by atoms with E-state index in [1.807, 2.05) is 74.5 Å². The van der Waals surface area contributed by atoms with Crippen LogP contribution < -0.4 is 15.0 Å². The zero-order valence-corrected chi connectivity index (χ0v) is 22.0. The van der Waals surface area contributed by atoms with Gasteiger partial charge in [0, 0.05) is 36.5 Å². The first kappa shape index (κ1) is 26.2. The molecule has 4 rings (SSSR count). The number of carbonyl (C=O) groups is 3. The molecule has 1 aliphatic heterocycles. The van der Waals surface area contributed by atoms with E-state index in [0.29, 0.717) is 30.8 Å². The maximum Gasteiger partial charge on any atom is 0.258 e. The third-order valence-electron chi connectivity index (χ3n) is 7.08. The smallest absolute Gasteiger partial charge is 0.258 e. The van der Waals surface area contributed by atoms with Gasteiger partial charge in [-0.2, -0.15) is 0 Å². The number of ether oxygens (including phenoxy) is 1. The summed E-state index contributed by atoms with van der Waals surface area (Å²) in [5, 5.41) is 4.99. The van der Waals surface area contributed by atoms with Crippen LogP contribution >= 0.6 is 0 Å². The molecular formula is C30H35N3O4. The molecule has 0 spiro atoms. The van der Waals surface area contributed by atoms with E-state index in [4.69, 9.17) is 4.74 Å². The first-order valence-electron chi connectivity index (χ1n) is 12.9. The minimum atomic E-state index is -0.640. The average Bonchev–Trinajstić information content (AvgIpc) is 3.19. The molecule has 1 N–H and O–H groups in total. The molecule has 0 saturated heterocycles. The predicted molar refractivity (Wildman–Crippen MR) is 146 cm³/mol. The number of carbonyl (C=O) groups excluding carboxylic acids is 3. The van der Waals surface area contributed by atoms with Gasteiger partial charge in [-0.05, 0) is 61.9 Å². The molecule has 3 aromatic carbocycles. The van der Waals surface area contributed by atoms with Crippen LogP contribution in [0.3, 0.4) is 0 Å². The van der Waals surface area contributed by atoms with Gasteiger partial charge in [0.1, 0.15) is 11.8 Å². The maximum atomic E-state index is 13.5. The van der Waals surface area contributed by atoms with Gasteiger partial charge in [-0.3, -0.25) is 14.4 Å². The van der Waals surface area contributed by atoms with Crippen molar-refractivity contribution in [1.29, 1.82) is 0 Å². The van der Waals surface area contributed by atoms with Crippen LogP contribution in [0.1, 0.15) is 56.0 Å². The highest BCUT2D eigenvalue weighted by molar-refractivity contribution is 6.25. The molecule has 0 aromatic heterocycles. The number of hydrogen-bond donors (Lipinski definition) is 1. The lowest BCUT2D eigenvalue weighted by atomic mass is 10.1. The average molecular weight is 502 g/mol. The van der Waals surface area contributed by atoms with Crippen molar-refractivity contribution in [3.05, 3.63) is 71.8 Å². The van der Waals surface area contributed by atoms with Crippen LogP contribution in [0.2, 0.25) is 0 Å². The normalized spacial score (nSPS) is 13.9. The number of nitrogens with zero attached hydrogens (tertiary/aromatic N) is 2. The van der Waals surface area contributed by atoms with Crippen molar-refractivity contribution in [2.45, 2.75) is 58.7 Å². The molecular weight excluding hydrogens is 466 g/mol. The standard InChI is InChI=1S/C30H35N3O4/c1-5-20(2)31-29(35)21(3)33(19-22-10-6-13-24(18-22)37-4)27(34)16-9-17-32-26-15-8-12-23-11-7-14-25(28(23)26)30(32)36/h6-8,10-15,18,20-21H,5,9,16-17,19H2,1-4H3,(H,31,35)/t20-,21-/m1/s1. The van der Waals surface area contributed by atoms with Gasteiger partial charge in [0.25, 0.3) is 5.91 Å². The first-order valence-corrected chi connectivity index (χ1v) is 12.9. The second kappa shape index (κ2) is 11.5. The maximum absolute atomic E-state index is 13.5. The van der Waals surface area contributed by atoms with Crippen LogP contribution in [0, 0.1) is 0 Å². The molecule has 0 radical (unpaired) electrons. The summed E-state index contributed by atoms with van der Waals surface area (Å²) in [5.74, 6) is 0.358. The van der Waals surface area contributed by atoms with E-state index in [-0.39, 0.29) is 30.2 Å². The molecule has 0 saturated carbocycles. The van der Waals surface area contributed by atoms with Crippen LogP contribution in [0.5, 0.6) is 5.75 Å². The fourth-order valence-electron chi connectivity index (χ4n) is 4.75. The fraction of sp³-hybridized carbons (Fsp3) is 0.367. The minimum Gasteiger partial charge on any atom is -0.497 e. The molecule has 1 aliphatic rings. The Balaban J connectivity index is 1.47. The van der Waals surface area contributed by atoms with E-state index in [1.54, 1.807) is 23.8 Å². The van der Waals surface area contributed by atoms with Gasteiger partial charge in [0.15, 0.2) is 0 Å². The second-order valence-corrected chi connectivity index (χ2v) is 9.61. The number of amides is 3. The fourth-order valence-corrected chi connectivity index (χ4v) is 4.75. The van der Waals surface area contributed by atoms with Crippen molar-refractivity contribution < 1.29 is 19.1 Å².